The molecule has 0 saturated heterocycles. The maximum absolute atomic E-state index is 10.3. The molecule has 0 unspecified atom stereocenters. The highest BCUT2D eigenvalue weighted by Crippen LogP contribution is 1.74. The van der Waals surface area contributed by atoms with Crippen molar-refractivity contribution in [1.82, 2.24) is 9.89 Å². The van der Waals surface area contributed by atoms with Gasteiger partial charge in [-0.1, -0.05) is 5.22 Å². The molecule has 0 saturated carbocycles. The Balaban J connectivity index is 2.98. The largest absolute Gasteiger partial charge is 0.303 e. The molecule has 0 spiro atoms. The topological polar surface area (TPSA) is 88.5 Å². The van der Waals surface area contributed by atoms with Gasteiger partial charge in [0.25, 0.3) is 5.56 Å². The van der Waals surface area contributed by atoms with E-state index in [1.165, 1.54) is 12.3 Å². The molecule has 6 heteroatoms. The SMILES string of the molecule is N/N=N/n1ccc(=O)[nH]1. The quantitative estimate of drug-likeness (QED) is 0.296. The Bertz CT molecular complexity index is 257. The summed E-state index contributed by atoms with van der Waals surface area (Å²) < 4.78 is 0. The van der Waals surface area contributed by atoms with Crippen LogP contribution in [-0.4, -0.2) is 9.89 Å². The summed E-state index contributed by atoms with van der Waals surface area (Å²) in [6.45, 7) is 0. The first-order chi connectivity index (χ1) is 4.33. The van der Waals surface area contributed by atoms with E-state index < -0.39 is 0 Å². The molecule has 0 atom stereocenters. The average molecular weight is 127 g/mol. The first-order valence-electron chi connectivity index (χ1n) is 2.22. The fourth-order valence-electron chi connectivity index (χ4n) is 0.434. The van der Waals surface area contributed by atoms with Crippen LogP contribution in [0.15, 0.2) is 27.5 Å². The Morgan fingerprint density at radius 3 is 3.00 bits per heavy atom. The zero-order valence-electron chi connectivity index (χ0n) is 4.48. The van der Waals surface area contributed by atoms with Gasteiger partial charge in [-0.3, -0.25) is 4.79 Å². The first kappa shape index (κ1) is 5.54. The van der Waals surface area contributed by atoms with Gasteiger partial charge in [0.2, 0.25) is 0 Å². The Labute approximate surface area is 49.9 Å². The Hall–Kier alpha value is -1.59. The Morgan fingerprint density at radius 1 is 1.78 bits per heavy atom. The molecular weight excluding hydrogens is 122 g/mol. The van der Waals surface area contributed by atoms with Crippen molar-refractivity contribution in [2.75, 3.05) is 0 Å². The molecule has 1 aromatic heterocycles. The molecule has 0 aliphatic rings. The van der Waals surface area contributed by atoms with Crippen molar-refractivity contribution < 1.29 is 0 Å². The van der Waals surface area contributed by atoms with Gasteiger partial charge in [0, 0.05) is 6.07 Å². The number of hydrogen-bond acceptors (Lipinski definition) is 3. The second-order valence-electron chi connectivity index (χ2n) is 1.34. The Morgan fingerprint density at radius 2 is 2.56 bits per heavy atom. The lowest BCUT2D eigenvalue weighted by Gasteiger charge is -1.82. The zero-order valence-corrected chi connectivity index (χ0v) is 4.48. The second-order valence-corrected chi connectivity index (χ2v) is 1.34. The number of nitrogens with one attached hydrogen (secondary N) is 1. The van der Waals surface area contributed by atoms with Gasteiger partial charge in [-0.2, -0.15) is 4.79 Å². The van der Waals surface area contributed by atoms with Crippen LogP contribution < -0.4 is 11.4 Å². The van der Waals surface area contributed by atoms with Crippen molar-refractivity contribution in [1.29, 1.82) is 0 Å². The number of nitrogens with two attached hydrogens (primary N) is 1. The lowest BCUT2D eigenvalue weighted by molar-refractivity contribution is 0.664. The molecule has 0 aliphatic heterocycles. The van der Waals surface area contributed by atoms with Crippen LogP contribution in [0.4, 0.5) is 0 Å². The molecule has 0 bridgehead atoms. The van der Waals surface area contributed by atoms with Crippen molar-refractivity contribution >= 4 is 0 Å². The molecular formula is C3H5N5O. The van der Waals surface area contributed by atoms with E-state index in [2.05, 4.69) is 21.4 Å². The molecule has 1 heterocycles. The summed E-state index contributed by atoms with van der Waals surface area (Å²) in [4.78, 5) is 11.5. The summed E-state index contributed by atoms with van der Waals surface area (Å²) in [5, 5.41) is 8.53. The van der Waals surface area contributed by atoms with Gasteiger partial charge >= 0.3 is 0 Å². The van der Waals surface area contributed by atoms with Crippen molar-refractivity contribution in [3.8, 4) is 0 Å². The van der Waals surface area contributed by atoms with Crippen molar-refractivity contribution in [3.63, 3.8) is 0 Å². The summed E-state index contributed by atoms with van der Waals surface area (Å²) in [6, 6.07) is 1.31. The molecule has 0 fully saturated rings. The number of H-pyrrole nitrogens is 1. The monoisotopic (exact) mass is 127 g/mol. The predicted octanol–water partition coefficient (Wildman–Crippen LogP) is -0.735. The van der Waals surface area contributed by atoms with E-state index in [1.54, 1.807) is 0 Å². The Kier molecular flexibility index (Phi) is 1.31. The molecule has 1 aromatic rings. The van der Waals surface area contributed by atoms with Crippen molar-refractivity contribution in [2.24, 2.45) is 16.3 Å². The minimum atomic E-state index is -0.234. The highest BCUT2D eigenvalue weighted by molar-refractivity contribution is 4.78. The van der Waals surface area contributed by atoms with Gasteiger partial charge < -0.3 is 5.84 Å². The normalized spacial score (nSPS) is 10.7. The molecule has 6 nitrogen and oxygen atoms in total. The van der Waals surface area contributed by atoms with Gasteiger partial charge in [-0.15, -0.1) is 0 Å². The maximum atomic E-state index is 10.3. The van der Waals surface area contributed by atoms with Crippen LogP contribution >= 0.6 is 0 Å². The lowest BCUT2D eigenvalue weighted by atomic mass is 10.7. The van der Waals surface area contributed by atoms with Crippen LogP contribution in [-0.2, 0) is 0 Å². The van der Waals surface area contributed by atoms with Crippen molar-refractivity contribution in [2.45, 2.75) is 0 Å². The summed E-state index contributed by atoms with van der Waals surface area (Å²) in [6.07, 6.45) is 1.42. The summed E-state index contributed by atoms with van der Waals surface area (Å²) in [5.41, 5.74) is -0.234. The predicted molar refractivity (Wildman–Crippen MR) is 29.5 cm³/mol. The number of aromatic nitrogens is 2. The minimum Gasteiger partial charge on any atom is -0.303 e. The zero-order chi connectivity index (χ0) is 6.69. The molecule has 0 radical (unpaired) electrons. The van der Waals surface area contributed by atoms with E-state index in [-0.39, 0.29) is 5.56 Å². The van der Waals surface area contributed by atoms with Crippen LogP contribution in [0.25, 0.3) is 0 Å². The number of nitrogens with zero attached hydrogens (tertiary/aromatic N) is 3. The van der Waals surface area contributed by atoms with E-state index in [1.807, 2.05) is 0 Å². The second kappa shape index (κ2) is 2.12. The van der Waals surface area contributed by atoms with Gasteiger partial charge in [-0.05, 0) is 5.22 Å². The van der Waals surface area contributed by atoms with E-state index in [0.29, 0.717) is 0 Å². The molecule has 3 N–H and O–H groups in total. The molecule has 9 heavy (non-hydrogen) atoms. The van der Waals surface area contributed by atoms with Crippen LogP contribution in [0.5, 0.6) is 0 Å². The standard InChI is InChI=1S/C3H5N5O/c4-6-7-8-2-1-3(9)5-8/h1-2H,(H2,4,7)(H,5,9). The summed E-state index contributed by atoms with van der Waals surface area (Å²) >= 11 is 0. The van der Waals surface area contributed by atoms with Crippen molar-refractivity contribution in [3.05, 3.63) is 22.6 Å². The van der Waals surface area contributed by atoms with Crippen LogP contribution in [0.1, 0.15) is 0 Å². The molecule has 0 aliphatic carbocycles. The van der Waals surface area contributed by atoms with Gasteiger partial charge in [0.15, 0.2) is 0 Å². The van der Waals surface area contributed by atoms with Crippen LogP contribution in [0.2, 0.25) is 0 Å². The third kappa shape index (κ3) is 1.15. The average Bonchev–Trinajstić information content (AvgIpc) is 2.17. The fourth-order valence-corrected chi connectivity index (χ4v) is 0.434. The highest BCUT2D eigenvalue weighted by atomic mass is 16.1. The minimum absolute atomic E-state index is 0.234. The lowest BCUT2D eigenvalue weighted by Crippen LogP contribution is -2.00. The summed E-state index contributed by atoms with van der Waals surface area (Å²) in [7, 11) is 0. The maximum Gasteiger partial charge on any atom is 0.265 e. The third-order valence-electron chi connectivity index (χ3n) is 0.740. The van der Waals surface area contributed by atoms with Gasteiger partial charge in [-0.25, -0.2) is 5.10 Å². The summed E-state index contributed by atoms with van der Waals surface area (Å²) in [5.74, 6) is 4.69. The highest BCUT2D eigenvalue weighted by Gasteiger charge is 1.84. The van der Waals surface area contributed by atoms with Crippen LogP contribution in [0, 0.1) is 0 Å². The van der Waals surface area contributed by atoms with Crippen LogP contribution in [0.3, 0.4) is 0 Å². The number of hydrogen-bond donors (Lipinski definition) is 2. The molecule has 48 valence electrons. The van der Waals surface area contributed by atoms with Gasteiger partial charge in [0.1, 0.15) is 0 Å². The number of rotatable bonds is 1. The van der Waals surface area contributed by atoms with E-state index in [4.69, 9.17) is 0 Å². The van der Waals surface area contributed by atoms with Gasteiger partial charge in [0.05, 0.1) is 6.20 Å². The number of aromatic amines is 1. The smallest absolute Gasteiger partial charge is 0.265 e. The molecule has 1 rings (SSSR count). The van der Waals surface area contributed by atoms with E-state index in [0.717, 1.165) is 4.79 Å². The van der Waals surface area contributed by atoms with E-state index >= 15 is 0 Å². The molecule has 0 aromatic carbocycles. The molecule has 0 amide bonds. The third-order valence-corrected chi connectivity index (χ3v) is 0.740. The fraction of sp³-hybridized carbons (Fsp3) is 0. The van der Waals surface area contributed by atoms with E-state index in [9.17, 15) is 4.79 Å². The first-order valence-corrected chi connectivity index (χ1v) is 2.22.